The molecule has 1 aliphatic rings. The molecule has 2 rings (SSSR count). The Hall–Kier alpha value is -0.315. The van der Waals surface area contributed by atoms with Crippen molar-refractivity contribution in [3.05, 3.63) is 34.3 Å². The second kappa shape index (κ2) is 3.44. The first-order valence-electron chi connectivity index (χ1n) is 4.30. The van der Waals surface area contributed by atoms with Gasteiger partial charge in [-0.1, -0.05) is 28.1 Å². The van der Waals surface area contributed by atoms with E-state index in [4.69, 9.17) is 10.0 Å². The molecule has 0 saturated heterocycles. The van der Waals surface area contributed by atoms with Crippen molar-refractivity contribution in [2.45, 2.75) is 18.2 Å². The van der Waals surface area contributed by atoms with Gasteiger partial charge in [0.1, 0.15) is 0 Å². The maximum Gasteiger partial charge on any atom is 0.455 e. The molecule has 0 radical (unpaired) electrons. The van der Waals surface area contributed by atoms with E-state index in [1.165, 1.54) is 5.56 Å². The second-order valence-corrected chi connectivity index (χ2v) is 4.39. The van der Waals surface area contributed by atoms with E-state index < -0.39 is 7.12 Å². The van der Waals surface area contributed by atoms with Crippen LogP contribution < -0.4 is 0 Å². The summed E-state index contributed by atoms with van der Waals surface area (Å²) in [7, 11) is -1.16. The lowest BCUT2D eigenvalue weighted by Gasteiger charge is -2.00. The van der Waals surface area contributed by atoms with E-state index in [1.54, 1.807) is 0 Å². The number of hydrogen-bond donors (Lipinski definition) is 2. The van der Waals surface area contributed by atoms with Crippen LogP contribution in [0.25, 0.3) is 0 Å². The first-order valence-corrected chi connectivity index (χ1v) is 5.09. The van der Waals surface area contributed by atoms with E-state index in [2.05, 4.69) is 15.9 Å². The van der Waals surface area contributed by atoms with E-state index in [0.29, 0.717) is 5.92 Å². The monoisotopic (exact) mass is 240 g/mol. The number of halogens is 1. The summed E-state index contributed by atoms with van der Waals surface area (Å²) >= 11 is 3.39. The molecular formula is C9H10BBrO2. The highest BCUT2D eigenvalue weighted by molar-refractivity contribution is 9.10. The summed E-state index contributed by atoms with van der Waals surface area (Å²) in [5.74, 6) is 0.367. The van der Waals surface area contributed by atoms with Gasteiger partial charge >= 0.3 is 7.12 Å². The summed E-state index contributed by atoms with van der Waals surface area (Å²) in [6.45, 7) is 0. The van der Waals surface area contributed by atoms with E-state index >= 15 is 0 Å². The summed E-state index contributed by atoms with van der Waals surface area (Å²) in [5, 5.41) is 17.9. The highest BCUT2D eigenvalue weighted by Crippen LogP contribution is 2.53. The van der Waals surface area contributed by atoms with Gasteiger partial charge in [-0.25, -0.2) is 0 Å². The maximum atomic E-state index is 8.94. The van der Waals surface area contributed by atoms with Crippen molar-refractivity contribution in [2.75, 3.05) is 0 Å². The Bertz CT molecular complexity index is 316. The molecule has 0 amide bonds. The van der Waals surface area contributed by atoms with E-state index in [9.17, 15) is 0 Å². The summed E-state index contributed by atoms with van der Waals surface area (Å²) in [4.78, 5) is 0. The molecule has 1 fully saturated rings. The zero-order chi connectivity index (χ0) is 9.42. The zero-order valence-corrected chi connectivity index (χ0v) is 8.61. The molecule has 0 bridgehead atoms. The van der Waals surface area contributed by atoms with Crippen molar-refractivity contribution in [1.82, 2.24) is 0 Å². The molecule has 4 heteroatoms. The van der Waals surface area contributed by atoms with Crippen LogP contribution in [0.4, 0.5) is 0 Å². The summed E-state index contributed by atoms with van der Waals surface area (Å²) in [5.41, 5.74) is 1.19. The Morgan fingerprint density at radius 3 is 2.69 bits per heavy atom. The van der Waals surface area contributed by atoms with Crippen LogP contribution in [0, 0.1) is 0 Å². The third kappa shape index (κ3) is 1.95. The zero-order valence-electron chi connectivity index (χ0n) is 7.02. The molecule has 1 aromatic carbocycles. The predicted molar refractivity (Wildman–Crippen MR) is 55.4 cm³/mol. The molecule has 0 aliphatic heterocycles. The van der Waals surface area contributed by atoms with Gasteiger partial charge in [0.15, 0.2) is 0 Å². The molecule has 0 heterocycles. The van der Waals surface area contributed by atoms with Gasteiger partial charge in [0.2, 0.25) is 0 Å². The van der Waals surface area contributed by atoms with Gasteiger partial charge in [0.25, 0.3) is 0 Å². The lowest BCUT2D eigenvalue weighted by molar-refractivity contribution is 0.402. The summed E-state index contributed by atoms with van der Waals surface area (Å²) < 4.78 is 1.04. The lowest BCUT2D eigenvalue weighted by Crippen LogP contribution is -2.11. The molecule has 0 unspecified atom stereocenters. The first-order chi connectivity index (χ1) is 6.18. The Balaban J connectivity index is 2.12. The van der Waals surface area contributed by atoms with Crippen LogP contribution in [0.3, 0.4) is 0 Å². The Morgan fingerprint density at radius 2 is 2.15 bits per heavy atom. The first kappa shape index (κ1) is 9.25. The summed E-state index contributed by atoms with van der Waals surface area (Å²) in [6.07, 6.45) is 0.883. The molecule has 0 aromatic heterocycles. The smallest absolute Gasteiger partial charge is 0.427 e. The van der Waals surface area contributed by atoms with Crippen LogP contribution >= 0.6 is 15.9 Å². The van der Waals surface area contributed by atoms with Crippen molar-refractivity contribution >= 4 is 23.0 Å². The topological polar surface area (TPSA) is 40.5 Å². The fourth-order valence-electron chi connectivity index (χ4n) is 1.66. The largest absolute Gasteiger partial charge is 0.455 e. The molecule has 0 spiro atoms. The lowest BCUT2D eigenvalue weighted by atomic mass is 9.81. The standard InChI is InChI=1S/C9H10BBrO2/c11-7-3-1-2-6(4-7)8-5-9(8)10(12)13/h1-4,8-9,12-13H,5H2/t8-,9+/m0/s1. The molecule has 2 nitrogen and oxygen atoms in total. The quantitative estimate of drug-likeness (QED) is 0.774. The van der Waals surface area contributed by atoms with Crippen LogP contribution in [-0.2, 0) is 0 Å². The minimum Gasteiger partial charge on any atom is -0.427 e. The summed E-state index contributed by atoms with van der Waals surface area (Å²) in [6, 6.07) is 8.00. The average molecular weight is 241 g/mol. The molecule has 2 N–H and O–H groups in total. The van der Waals surface area contributed by atoms with Crippen LogP contribution in [-0.4, -0.2) is 17.2 Å². The normalized spacial score (nSPS) is 25.8. The third-order valence-electron chi connectivity index (χ3n) is 2.50. The predicted octanol–water partition coefficient (Wildman–Crippen LogP) is 1.78. The van der Waals surface area contributed by atoms with Crippen molar-refractivity contribution in [1.29, 1.82) is 0 Å². The minimum absolute atomic E-state index is 0.0364. The highest BCUT2D eigenvalue weighted by Gasteiger charge is 2.46. The maximum absolute atomic E-state index is 8.94. The molecule has 68 valence electrons. The van der Waals surface area contributed by atoms with Crippen molar-refractivity contribution in [3.8, 4) is 0 Å². The molecule has 2 atom stereocenters. The highest BCUT2D eigenvalue weighted by atomic mass is 79.9. The number of rotatable bonds is 2. The Labute approximate surface area is 85.9 Å². The van der Waals surface area contributed by atoms with E-state index in [1.807, 2.05) is 24.3 Å². The van der Waals surface area contributed by atoms with Gasteiger partial charge in [0.05, 0.1) is 0 Å². The van der Waals surface area contributed by atoms with Gasteiger partial charge < -0.3 is 10.0 Å². The van der Waals surface area contributed by atoms with Gasteiger partial charge in [-0.05, 0) is 30.0 Å². The van der Waals surface area contributed by atoms with E-state index in [-0.39, 0.29) is 5.82 Å². The van der Waals surface area contributed by atoms with Gasteiger partial charge in [0, 0.05) is 10.3 Å². The molecule has 1 saturated carbocycles. The van der Waals surface area contributed by atoms with Crippen LogP contribution in [0.15, 0.2) is 28.7 Å². The van der Waals surface area contributed by atoms with Gasteiger partial charge in [-0.3, -0.25) is 0 Å². The van der Waals surface area contributed by atoms with Crippen molar-refractivity contribution < 1.29 is 10.0 Å². The average Bonchev–Trinajstić information content (AvgIpc) is 2.82. The SMILES string of the molecule is OB(O)[C@@H]1C[C@H]1c1cccc(Br)c1. The minimum atomic E-state index is -1.16. The Morgan fingerprint density at radius 1 is 1.38 bits per heavy atom. The van der Waals surface area contributed by atoms with Crippen LogP contribution in [0.5, 0.6) is 0 Å². The molecular weight excluding hydrogens is 231 g/mol. The number of benzene rings is 1. The van der Waals surface area contributed by atoms with Crippen LogP contribution in [0.2, 0.25) is 5.82 Å². The molecule has 13 heavy (non-hydrogen) atoms. The fourth-order valence-corrected chi connectivity index (χ4v) is 2.08. The van der Waals surface area contributed by atoms with Gasteiger partial charge in [-0.15, -0.1) is 0 Å². The Kier molecular flexibility index (Phi) is 2.45. The van der Waals surface area contributed by atoms with Crippen molar-refractivity contribution in [3.63, 3.8) is 0 Å². The molecule has 1 aromatic rings. The van der Waals surface area contributed by atoms with Crippen molar-refractivity contribution in [2.24, 2.45) is 0 Å². The fraction of sp³-hybridized carbons (Fsp3) is 0.333. The van der Waals surface area contributed by atoms with Gasteiger partial charge in [-0.2, -0.15) is 0 Å². The third-order valence-corrected chi connectivity index (χ3v) is 2.99. The number of hydrogen-bond acceptors (Lipinski definition) is 2. The molecule has 1 aliphatic carbocycles. The van der Waals surface area contributed by atoms with Crippen LogP contribution in [0.1, 0.15) is 17.9 Å². The van der Waals surface area contributed by atoms with E-state index in [0.717, 1.165) is 10.9 Å². The second-order valence-electron chi connectivity index (χ2n) is 3.47.